The van der Waals surface area contributed by atoms with Gasteiger partial charge in [-0.1, -0.05) is 62.4 Å². The average Bonchev–Trinajstić information content (AvgIpc) is 2.84. The summed E-state index contributed by atoms with van der Waals surface area (Å²) in [7, 11) is -4.13. The average molecular weight is 488 g/mol. The summed E-state index contributed by atoms with van der Waals surface area (Å²) in [5, 5.41) is 14.5. The maximum atomic E-state index is 13.6. The van der Waals surface area contributed by atoms with Crippen molar-refractivity contribution in [3.05, 3.63) is 88.7 Å². The SMILES string of the molecule is CC(C)CCn1c(=O)c(C2=NS(=O)(=O)c3cc(-c4ccccc4)ccc3N2)c(O)c2ccccc21. The van der Waals surface area contributed by atoms with Gasteiger partial charge in [0.1, 0.15) is 16.2 Å². The summed E-state index contributed by atoms with van der Waals surface area (Å²) in [5.74, 6) is -0.122. The van der Waals surface area contributed by atoms with Gasteiger partial charge in [0.2, 0.25) is 0 Å². The van der Waals surface area contributed by atoms with Crippen LogP contribution in [0.25, 0.3) is 22.0 Å². The number of aromatic nitrogens is 1. The van der Waals surface area contributed by atoms with Crippen molar-refractivity contribution in [1.82, 2.24) is 4.57 Å². The molecule has 0 amide bonds. The van der Waals surface area contributed by atoms with E-state index in [0.29, 0.717) is 29.1 Å². The molecule has 0 unspecified atom stereocenters. The minimum atomic E-state index is -4.13. The number of amidine groups is 1. The Hall–Kier alpha value is -3.91. The van der Waals surface area contributed by atoms with Crippen LogP contribution < -0.4 is 10.9 Å². The van der Waals surface area contributed by atoms with E-state index < -0.39 is 15.6 Å². The Bertz CT molecular complexity index is 1640. The van der Waals surface area contributed by atoms with E-state index in [2.05, 4.69) is 23.6 Å². The Labute approximate surface area is 203 Å². The second kappa shape index (κ2) is 8.70. The number of rotatable bonds is 5. The van der Waals surface area contributed by atoms with Gasteiger partial charge in [-0.2, -0.15) is 8.42 Å². The minimum absolute atomic E-state index is 0.0167. The molecule has 2 heterocycles. The number of pyridine rings is 1. The Morgan fingerprint density at radius 3 is 2.43 bits per heavy atom. The number of fused-ring (bicyclic) bond motifs is 2. The fourth-order valence-corrected chi connectivity index (χ4v) is 5.44. The van der Waals surface area contributed by atoms with Gasteiger partial charge in [-0.3, -0.25) is 4.79 Å². The summed E-state index contributed by atoms with van der Waals surface area (Å²) in [6.45, 7) is 4.56. The highest BCUT2D eigenvalue weighted by atomic mass is 32.2. The molecule has 0 aliphatic carbocycles. The molecule has 2 N–H and O–H groups in total. The molecule has 1 aromatic heterocycles. The normalized spacial score (nSPS) is 14.4. The van der Waals surface area contributed by atoms with Crippen LogP contribution in [0.1, 0.15) is 25.8 Å². The molecular formula is C27H25N3O4S. The summed E-state index contributed by atoms with van der Waals surface area (Å²) < 4.78 is 31.9. The molecule has 0 radical (unpaired) electrons. The molecule has 8 heteroatoms. The minimum Gasteiger partial charge on any atom is -0.506 e. The van der Waals surface area contributed by atoms with Gasteiger partial charge in [-0.25, -0.2) is 0 Å². The molecule has 7 nitrogen and oxygen atoms in total. The van der Waals surface area contributed by atoms with E-state index in [1.807, 2.05) is 30.3 Å². The van der Waals surface area contributed by atoms with Crippen molar-refractivity contribution < 1.29 is 13.5 Å². The Morgan fingerprint density at radius 1 is 0.971 bits per heavy atom. The second-order valence-corrected chi connectivity index (χ2v) is 10.6. The number of aromatic hydroxyl groups is 1. The zero-order valence-corrected chi connectivity index (χ0v) is 20.2. The van der Waals surface area contributed by atoms with Crippen molar-refractivity contribution in [2.24, 2.45) is 10.3 Å². The number of para-hydroxylation sites is 1. The number of nitrogens with one attached hydrogen (secondary N) is 1. The van der Waals surface area contributed by atoms with E-state index in [-0.39, 0.29) is 22.0 Å². The summed E-state index contributed by atoms with van der Waals surface area (Å²) in [6.07, 6.45) is 0.747. The lowest BCUT2D eigenvalue weighted by atomic mass is 10.0. The van der Waals surface area contributed by atoms with Crippen LogP contribution in [0.4, 0.5) is 5.69 Å². The second-order valence-electron chi connectivity index (χ2n) is 9.00. The molecule has 1 aliphatic heterocycles. The largest absolute Gasteiger partial charge is 0.506 e. The van der Waals surface area contributed by atoms with Crippen LogP contribution in [-0.4, -0.2) is 23.9 Å². The standard InChI is InChI=1S/C27H25N3O4S/c1-17(2)14-15-30-22-11-7-6-10-20(22)25(31)24(27(30)32)26-28-21-13-12-19(18-8-4-3-5-9-18)16-23(21)35(33,34)29-26/h3-13,16-17,31H,14-15H2,1-2H3,(H,28,29). The Balaban J connectivity index is 1.66. The molecule has 4 aromatic rings. The maximum absolute atomic E-state index is 13.6. The monoisotopic (exact) mass is 487 g/mol. The van der Waals surface area contributed by atoms with Crippen molar-refractivity contribution in [2.45, 2.75) is 31.7 Å². The summed E-state index contributed by atoms with van der Waals surface area (Å²) in [6, 6.07) is 21.5. The van der Waals surface area contributed by atoms with Crippen molar-refractivity contribution in [3.63, 3.8) is 0 Å². The Kier molecular flexibility index (Phi) is 5.68. The Morgan fingerprint density at radius 2 is 1.69 bits per heavy atom. The third-order valence-corrected chi connectivity index (χ3v) is 7.46. The molecular weight excluding hydrogens is 462 g/mol. The van der Waals surface area contributed by atoms with Gasteiger partial charge >= 0.3 is 0 Å². The molecule has 0 saturated heterocycles. The van der Waals surface area contributed by atoms with Gasteiger partial charge < -0.3 is 15.0 Å². The van der Waals surface area contributed by atoms with E-state index in [4.69, 9.17) is 0 Å². The van der Waals surface area contributed by atoms with E-state index in [9.17, 15) is 18.3 Å². The number of anilines is 1. The first-order valence-corrected chi connectivity index (χ1v) is 12.9. The topological polar surface area (TPSA) is 101 Å². The highest BCUT2D eigenvalue weighted by molar-refractivity contribution is 7.90. The summed E-state index contributed by atoms with van der Waals surface area (Å²) in [5.41, 5.74) is 1.85. The van der Waals surface area contributed by atoms with Crippen molar-refractivity contribution in [1.29, 1.82) is 0 Å². The number of sulfonamides is 1. The molecule has 0 atom stereocenters. The third-order valence-electron chi connectivity index (χ3n) is 6.14. The predicted molar refractivity (Wildman–Crippen MR) is 139 cm³/mol. The first kappa shape index (κ1) is 22.9. The number of aryl methyl sites for hydroxylation is 1. The van der Waals surface area contributed by atoms with Gasteiger partial charge in [0.15, 0.2) is 5.84 Å². The van der Waals surface area contributed by atoms with Crippen molar-refractivity contribution >= 4 is 32.4 Å². The molecule has 1 aliphatic rings. The van der Waals surface area contributed by atoms with Crippen molar-refractivity contribution in [2.75, 3.05) is 5.32 Å². The summed E-state index contributed by atoms with van der Waals surface area (Å²) in [4.78, 5) is 13.6. The van der Waals surface area contributed by atoms with Gasteiger partial charge in [0.25, 0.3) is 15.6 Å². The lowest BCUT2D eigenvalue weighted by molar-refractivity contribution is 0.474. The summed E-state index contributed by atoms with van der Waals surface area (Å²) >= 11 is 0. The zero-order valence-electron chi connectivity index (χ0n) is 19.4. The number of nitrogens with zero attached hydrogens (tertiary/aromatic N) is 2. The first-order valence-electron chi connectivity index (χ1n) is 11.4. The van der Waals surface area contributed by atoms with Gasteiger partial charge in [-0.05, 0) is 47.7 Å². The lowest BCUT2D eigenvalue weighted by Gasteiger charge is -2.21. The molecule has 0 saturated carbocycles. The third kappa shape index (κ3) is 4.10. The van der Waals surface area contributed by atoms with Crippen LogP contribution in [-0.2, 0) is 16.6 Å². The fraction of sp³-hybridized carbons (Fsp3) is 0.185. The quantitative estimate of drug-likeness (QED) is 0.413. The zero-order chi connectivity index (χ0) is 24.7. The molecule has 0 spiro atoms. The van der Waals surface area contributed by atoms with Crippen LogP contribution in [0, 0.1) is 5.92 Å². The smallest absolute Gasteiger partial charge is 0.286 e. The van der Waals surface area contributed by atoms with Gasteiger partial charge in [0, 0.05) is 11.9 Å². The predicted octanol–water partition coefficient (Wildman–Crippen LogP) is 4.98. The highest BCUT2D eigenvalue weighted by Gasteiger charge is 2.30. The highest BCUT2D eigenvalue weighted by Crippen LogP contribution is 2.35. The van der Waals surface area contributed by atoms with E-state index in [1.165, 1.54) is 0 Å². The van der Waals surface area contributed by atoms with Gasteiger partial charge in [0.05, 0.1) is 11.2 Å². The van der Waals surface area contributed by atoms with E-state index in [1.54, 1.807) is 47.0 Å². The van der Waals surface area contributed by atoms with Crippen molar-refractivity contribution in [3.8, 4) is 16.9 Å². The van der Waals surface area contributed by atoms with Crippen LogP contribution >= 0.6 is 0 Å². The molecule has 0 fully saturated rings. The lowest BCUT2D eigenvalue weighted by Crippen LogP contribution is -2.33. The van der Waals surface area contributed by atoms with Crippen LogP contribution in [0.2, 0.25) is 0 Å². The van der Waals surface area contributed by atoms with Gasteiger partial charge in [-0.15, -0.1) is 4.40 Å². The molecule has 5 rings (SSSR count). The molecule has 35 heavy (non-hydrogen) atoms. The van der Waals surface area contributed by atoms with Crippen LogP contribution in [0.3, 0.4) is 0 Å². The van der Waals surface area contributed by atoms with Crippen LogP contribution in [0.15, 0.2) is 86.9 Å². The number of hydrogen-bond acceptors (Lipinski definition) is 5. The molecule has 3 aromatic carbocycles. The number of benzene rings is 3. The van der Waals surface area contributed by atoms with E-state index >= 15 is 0 Å². The van der Waals surface area contributed by atoms with E-state index in [0.717, 1.165) is 17.5 Å². The molecule has 0 bridgehead atoms. The maximum Gasteiger partial charge on any atom is 0.286 e. The first-order chi connectivity index (χ1) is 16.8. The van der Waals surface area contributed by atoms with Crippen LogP contribution in [0.5, 0.6) is 5.75 Å². The fourth-order valence-electron chi connectivity index (χ4n) is 4.29. The number of hydrogen-bond donors (Lipinski definition) is 2. The molecule has 178 valence electrons.